The number of aliphatic hydroxyl groups is 3. The van der Waals surface area contributed by atoms with Crippen molar-refractivity contribution in [1.82, 2.24) is 0 Å². The molecule has 0 aromatic heterocycles. The number of rotatable bonds is 4. The van der Waals surface area contributed by atoms with Gasteiger partial charge < -0.3 is 15.3 Å². The highest BCUT2D eigenvalue weighted by atomic mass is 16.3. The van der Waals surface area contributed by atoms with Gasteiger partial charge in [-0.15, -0.1) is 0 Å². The molecule has 32 heavy (non-hydrogen) atoms. The van der Waals surface area contributed by atoms with Gasteiger partial charge in [-0.2, -0.15) is 0 Å². The largest absolute Gasteiger partial charge is 0.393 e. The molecule has 0 spiro atoms. The van der Waals surface area contributed by atoms with Crippen molar-refractivity contribution in [3.05, 3.63) is 23.3 Å². The summed E-state index contributed by atoms with van der Waals surface area (Å²) in [5.74, 6) is 3.36. The molecule has 3 N–H and O–H groups in total. The van der Waals surface area contributed by atoms with Crippen molar-refractivity contribution in [2.75, 3.05) is 0 Å². The Morgan fingerprint density at radius 1 is 1.00 bits per heavy atom. The van der Waals surface area contributed by atoms with Crippen LogP contribution in [-0.2, 0) is 0 Å². The summed E-state index contributed by atoms with van der Waals surface area (Å²) in [6.07, 6.45) is 9.77. The summed E-state index contributed by atoms with van der Waals surface area (Å²) in [5, 5.41) is 33.0. The Bertz CT molecular complexity index is 783. The van der Waals surface area contributed by atoms with Crippen LogP contribution in [0.2, 0.25) is 0 Å². The number of hydrogen-bond acceptors (Lipinski definition) is 3. The van der Waals surface area contributed by atoms with Gasteiger partial charge in [-0.05, 0) is 86.4 Å². The lowest BCUT2D eigenvalue weighted by molar-refractivity contribution is -0.210. The molecular formula is C29H48O3. The van der Waals surface area contributed by atoms with Crippen LogP contribution >= 0.6 is 0 Å². The van der Waals surface area contributed by atoms with Crippen LogP contribution < -0.4 is 0 Å². The quantitative estimate of drug-likeness (QED) is 0.474. The van der Waals surface area contributed by atoms with E-state index in [1.807, 2.05) is 6.08 Å². The molecule has 0 aromatic rings. The van der Waals surface area contributed by atoms with E-state index in [9.17, 15) is 15.3 Å². The maximum Gasteiger partial charge on any atom is 0.102 e. The third-order valence-corrected chi connectivity index (χ3v) is 11.2. The molecule has 182 valence electrons. The zero-order valence-electron chi connectivity index (χ0n) is 21.6. The molecule has 3 fully saturated rings. The van der Waals surface area contributed by atoms with Crippen LogP contribution in [0.1, 0.15) is 93.4 Å². The lowest BCUT2D eigenvalue weighted by Crippen LogP contribution is -2.65. The van der Waals surface area contributed by atoms with Crippen LogP contribution in [0.25, 0.3) is 0 Å². The first-order valence-electron chi connectivity index (χ1n) is 13.3. The highest BCUT2D eigenvalue weighted by Gasteiger charge is 2.64. The van der Waals surface area contributed by atoms with Gasteiger partial charge in [0.25, 0.3) is 0 Å². The lowest BCUT2D eigenvalue weighted by Gasteiger charge is -2.62. The summed E-state index contributed by atoms with van der Waals surface area (Å²) in [4.78, 5) is 0. The lowest BCUT2D eigenvalue weighted by atomic mass is 9.45. The van der Waals surface area contributed by atoms with Crippen molar-refractivity contribution in [2.45, 2.75) is 111 Å². The van der Waals surface area contributed by atoms with Crippen molar-refractivity contribution >= 4 is 0 Å². The Hall–Kier alpha value is -0.640. The molecule has 0 amide bonds. The van der Waals surface area contributed by atoms with Crippen LogP contribution in [0.15, 0.2) is 23.3 Å². The van der Waals surface area contributed by atoms with Crippen molar-refractivity contribution < 1.29 is 15.3 Å². The van der Waals surface area contributed by atoms with Crippen LogP contribution in [-0.4, -0.2) is 33.1 Å². The summed E-state index contributed by atoms with van der Waals surface area (Å²) in [6, 6.07) is 0. The molecule has 0 aromatic carbocycles. The Morgan fingerprint density at radius 3 is 2.34 bits per heavy atom. The molecule has 4 aliphatic rings. The van der Waals surface area contributed by atoms with Gasteiger partial charge in [0.1, 0.15) is 11.7 Å². The second kappa shape index (κ2) is 8.24. The number of allylic oxidation sites excluding steroid dienone is 3. The van der Waals surface area contributed by atoms with Crippen molar-refractivity contribution in [3.63, 3.8) is 0 Å². The maximum atomic E-state index is 11.6. The number of aliphatic hydroxyl groups excluding tert-OH is 2. The SMILES string of the molecule is CC(=C[C@@H](C)[C@H]1CC[C@H]2C3=CC(O)C4(O)CC(O)CC[C@]4(C)[C@H]3CC[C@]12C)[C@H](C)C(C)C. The monoisotopic (exact) mass is 444 g/mol. The van der Waals surface area contributed by atoms with E-state index in [0.29, 0.717) is 41.9 Å². The minimum Gasteiger partial charge on any atom is -0.393 e. The van der Waals surface area contributed by atoms with E-state index in [1.54, 1.807) is 0 Å². The van der Waals surface area contributed by atoms with Gasteiger partial charge in [0.15, 0.2) is 0 Å². The summed E-state index contributed by atoms with van der Waals surface area (Å²) in [7, 11) is 0. The van der Waals surface area contributed by atoms with Crippen molar-refractivity contribution in [2.24, 2.45) is 46.3 Å². The van der Waals surface area contributed by atoms with E-state index >= 15 is 0 Å². The van der Waals surface area contributed by atoms with Gasteiger partial charge in [-0.25, -0.2) is 0 Å². The maximum absolute atomic E-state index is 11.6. The topological polar surface area (TPSA) is 60.7 Å². The Balaban J connectivity index is 1.63. The minimum atomic E-state index is -1.20. The molecule has 0 saturated heterocycles. The van der Waals surface area contributed by atoms with Crippen molar-refractivity contribution in [1.29, 1.82) is 0 Å². The molecule has 0 bridgehead atoms. The summed E-state index contributed by atoms with van der Waals surface area (Å²) in [6.45, 7) is 16.4. The molecule has 3 nitrogen and oxygen atoms in total. The predicted molar refractivity (Wildman–Crippen MR) is 131 cm³/mol. The van der Waals surface area contributed by atoms with Gasteiger partial charge in [-0.3, -0.25) is 0 Å². The molecule has 4 aliphatic carbocycles. The van der Waals surface area contributed by atoms with Gasteiger partial charge in [0.2, 0.25) is 0 Å². The minimum absolute atomic E-state index is 0.263. The van der Waals surface area contributed by atoms with Gasteiger partial charge in [-0.1, -0.05) is 64.8 Å². The molecule has 10 atom stereocenters. The molecule has 3 unspecified atom stereocenters. The van der Waals surface area contributed by atoms with E-state index in [2.05, 4.69) is 54.5 Å². The van der Waals surface area contributed by atoms with E-state index in [1.165, 1.54) is 30.4 Å². The first-order valence-corrected chi connectivity index (χ1v) is 13.3. The van der Waals surface area contributed by atoms with Gasteiger partial charge in [0, 0.05) is 11.8 Å². The highest BCUT2D eigenvalue weighted by Crippen LogP contribution is 2.67. The second-order valence-electron chi connectivity index (χ2n) is 13.0. The van der Waals surface area contributed by atoms with E-state index in [-0.39, 0.29) is 10.8 Å². The van der Waals surface area contributed by atoms with Crippen molar-refractivity contribution in [3.8, 4) is 0 Å². The van der Waals surface area contributed by atoms with Gasteiger partial charge >= 0.3 is 0 Å². The van der Waals surface area contributed by atoms with Gasteiger partial charge in [0.05, 0.1) is 6.10 Å². The Kier molecular flexibility index (Phi) is 6.30. The normalized spacial score (nSPS) is 48.5. The third-order valence-electron chi connectivity index (χ3n) is 11.2. The molecule has 4 rings (SSSR count). The first kappa shape index (κ1) is 24.5. The highest BCUT2D eigenvalue weighted by molar-refractivity contribution is 5.33. The fourth-order valence-corrected chi connectivity index (χ4v) is 8.66. The van der Waals surface area contributed by atoms with E-state index < -0.39 is 17.8 Å². The molecule has 3 heteroatoms. The molecule has 3 saturated carbocycles. The zero-order chi connectivity index (χ0) is 23.6. The predicted octanol–water partition coefficient (Wildman–Crippen LogP) is 5.89. The fourth-order valence-electron chi connectivity index (χ4n) is 8.66. The van der Waals surface area contributed by atoms with Crippen LogP contribution in [0, 0.1) is 46.3 Å². The average Bonchev–Trinajstić information content (AvgIpc) is 3.07. The zero-order valence-corrected chi connectivity index (χ0v) is 21.6. The van der Waals surface area contributed by atoms with E-state index in [0.717, 1.165) is 19.3 Å². The second-order valence-corrected chi connectivity index (χ2v) is 13.0. The van der Waals surface area contributed by atoms with Crippen LogP contribution in [0.3, 0.4) is 0 Å². The number of fused-ring (bicyclic) bond motifs is 5. The molecule has 0 aliphatic heterocycles. The Labute approximate surface area is 196 Å². The van der Waals surface area contributed by atoms with E-state index in [4.69, 9.17) is 0 Å². The average molecular weight is 445 g/mol. The molecular weight excluding hydrogens is 396 g/mol. The summed E-state index contributed by atoms with van der Waals surface area (Å²) >= 11 is 0. The summed E-state index contributed by atoms with van der Waals surface area (Å²) < 4.78 is 0. The standard InChI is InChI=1S/C29H48O3/c1-17(2)20(5)18(3)14-19(4)23-8-9-24-22-15-26(31)29(32)16-21(30)10-13-28(29,7)25(22)11-12-27(23,24)6/h14-15,17,19-21,23-26,30-32H,8-13,16H2,1-7H3/t19-,20-,21?,23-,24+,25+,26?,27-,28-,29?/m1/s1. The number of hydrogen-bond donors (Lipinski definition) is 3. The fraction of sp³-hybridized carbons (Fsp3) is 0.862. The third kappa shape index (κ3) is 3.48. The molecule has 0 heterocycles. The molecule has 0 radical (unpaired) electrons. The first-order chi connectivity index (χ1) is 14.8. The smallest absolute Gasteiger partial charge is 0.102 e. The summed E-state index contributed by atoms with van der Waals surface area (Å²) in [5.41, 5.74) is 1.67. The van der Waals surface area contributed by atoms with Crippen LogP contribution in [0.5, 0.6) is 0 Å². The van der Waals surface area contributed by atoms with Crippen LogP contribution in [0.4, 0.5) is 0 Å². The Morgan fingerprint density at radius 2 is 1.69 bits per heavy atom.